The first-order valence-electron chi connectivity index (χ1n) is 6.78. The molecule has 0 spiro atoms. The van der Waals surface area contributed by atoms with Gasteiger partial charge in [0.2, 0.25) is 0 Å². The van der Waals surface area contributed by atoms with Crippen molar-refractivity contribution in [2.45, 2.75) is 25.9 Å². The highest BCUT2D eigenvalue weighted by molar-refractivity contribution is 7.03. The van der Waals surface area contributed by atoms with E-state index in [4.69, 9.17) is 4.74 Å². The predicted octanol–water partition coefficient (Wildman–Crippen LogP) is 1.37. The minimum absolute atomic E-state index is 0.0752. The third-order valence-electron chi connectivity index (χ3n) is 3.14. The molecule has 1 N–H and O–H groups in total. The Labute approximate surface area is 118 Å². The van der Waals surface area contributed by atoms with E-state index in [9.17, 15) is 4.79 Å². The Morgan fingerprint density at radius 1 is 1.68 bits per heavy atom. The van der Waals surface area contributed by atoms with E-state index in [1.54, 1.807) is 6.07 Å². The first kappa shape index (κ1) is 14.4. The van der Waals surface area contributed by atoms with Gasteiger partial charge in [0.05, 0.1) is 6.10 Å². The topological polar surface area (TPSA) is 54.5 Å². The van der Waals surface area contributed by atoms with E-state index in [2.05, 4.69) is 21.5 Å². The van der Waals surface area contributed by atoms with Crippen LogP contribution in [0.1, 0.15) is 30.3 Å². The lowest BCUT2D eigenvalue weighted by atomic mass is 10.3. The maximum absolute atomic E-state index is 11.7. The fourth-order valence-corrected chi connectivity index (χ4v) is 2.72. The van der Waals surface area contributed by atoms with E-state index in [0.29, 0.717) is 18.3 Å². The average molecular weight is 283 g/mol. The number of hydrogen-bond donors (Lipinski definition) is 1. The highest BCUT2D eigenvalue weighted by Crippen LogP contribution is 2.05. The molecule has 1 atom stereocenters. The van der Waals surface area contributed by atoms with Crippen molar-refractivity contribution in [2.24, 2.45) is 0 Å². The van der Waals surface area contributed by atoms with Gasteiger partial charge in [0.15, 0.2) is 0 Å². The van der Waals surface area contributed by atoms with E-state index in [-0.39, 0.29) is 5.91 Å². The maximum atomic E-state index is 11.7. The highest BCUT2D eigenvalue weighted by Gasteiger charge is 2.14. The second kappa shape index (κ2) is 7.57. The molecule has 5 nitrogen and oxygen atoms in total. The maximum Gasteiger partial charge on any atom is 0.270 e. The number of rotatable bonds is 5. The first-order valence-corrected chi connectivity index (χ1v) is 7.62. The van der Waals surface area contributed by atoms with Crippen molar-refractivity contribution < 1.29 is 9.53 Å². The molecule has 2 heterocycles. The molecule has 19 heavy (non-hydrogen) atoms. The Morgan fingerprint density at radius 2 is 2.58 bits per heavy atom. The van der Waals surface area contributed by atoms with Gasteiger partial charge in [-0.3, -0.25) is 4.79 Å². The van der Waals surface area contributed by atoms with Crippen LogP contribution in [0.4, 0.5) is 0 Å². The summed E-state index contributed by atoms with van der Waals surface area (Å²) >= 11 is 1.30. The van der Waals surface area contributed by atoms with Gasteiger partial charge < -0.3 is 15.0 Å². The van der Waals surface area contributed by atoms with E-state index in [1.165, 1.54) is 11.5 Å². The number of carbonyl (C=O) groups is 1. The summed E-state index contributed by atoms with van der Waals surface area (Å²) in [5.74, 6) is -0.0752. The summed E-state index contributed by atoms with van der Waals surface area (Å²) in [6.07, 6.45) is 2.37. The lowest BCUT2D eigenvalue weighted by Gasteiger charge is -2.21. The summed E-state index contributed by atoms with van der Waals surface area (Å²) < 4.78 is 9.62. The van der Waals surface area contributed by atoms with Crippen LogP contribution in [-0.4, -0.2) is 54.1 Å². The third kappa shape index (κ3) is 4.89. The van der Waals surface area contributed by atoms with Gasteiger partial charge in [-0.05, 0) is 43.9 Å². The molecule has 1 aliphatic rings. The zero-order chi connectivity index (χ0) is 13.5. The van der Waals surface area contributed by atoms with Crippen LogP contribution in [0.3, 0.4) is 0 Å². The van der Waals surface area contributed by atoms with Gasteiger partial charge in [0.1, 0.15) is 5.69 Å². The molecule has 1 aliphatic heterocycles. The molecule has 0 radical (unpaired) electrons. The third-order valence-corrected chi connectivity index (χ3v) is 3.70. The molecule has 1 aromatic rings. The molecular formula is C13H21N3O2S. The molecule has 2 rings (SSSR count). The Kier molecular flexibility index (Phi) is 5.75. The number of nitrogens with zero attached hydrogens (tertiary/aromatic N) is 2. The Hall–Kier alpha value is -0.980. The molecule has 0 aliphatic carbocycles. The van der Waals surface area contributed by atoms with E-state index < -0.39 is 0 Å². The molecule has 1 fully saturated rings. The molecule has 1 aromatic heterocycles. The normalized spacial score (nSPS) is 21.0. The molecule has 6 heteroatoms. The van der Waals surface area contributed by atoms with Crippen LogP contribution in [0.2, 0.25) is 0 Å². The van der Waals surface area contributed by atoms with Gasteiger partial charge in [-0.2, -0.15) is 4.37 Å². The smallest absolute Gasteiger partial charge is 0.270 e. The second-order valence-corrected chi connectivity index (χ2v) is 5.50. The molecule has 0 unspecified atom stereocenters. The Bertz CT molecular complexity index is 383. The van der Waals surface area contributed by atoms with Crippen LogP contribution in [0, 0.1) is 0 Å². The van der Waals surface area contributed by atoms with E-state index in [1.807, 2.05) is 5.38 Å². The Morgan fingerprint density at radius 3 is 3.37 bits per heavy atom. The van der Waals surface area contributed by atoms with Crippen LogP contribution < -0.4 is 5.32 Å². The standard InChI is InChI=1S/C13H21N3O2S/c1-11-10-16(7-3-8-18-11)6-2-5-14-13(17)12-4-9-19-15-12/h4,9,11H,2-3,5-8,10H2,1H3,(H,14,17)/t11-/m0/s1. The van der Waals surface area contributed by atoms with Crippen molar-refractivity contribution >= 4 is 17.4 Å². The molecule has 1 saturated heterocycles. The summed E-state index contributed by atoms with van der Waals surface area (Å²) in [4.78, 5) is 14.1. The monoisotopic (exact) mass is 283 g/mol. The molecule has 0 bridgehead atoms. The van der Waals surface area contributed by atoms with Crippen molar-refractivity contribution in [1.29, 1.82) is 0 Å². The Balaban J connectivity index is 1.62. The lowest BCUT2D eigenvalue weighted by Crippen LogP contribution is -2.33. The van der Waals surface area contributed by atoms with Crippen molar-refractivity contribution in [1.82, 2.24) is 14.6 Å². The zero-order valence-corrected chi connectivity index (χ0v) is 12.1. The van der Waals surface area contributed by atoms with Crippen LogP contribution in [0.25, 0.3) is 0 Å². The van der Waals surface area contributed by atoms with Gasteiger partial charge in [0, 0.05) is 31.6 Å². The van der Waals surface area contributed by atoms with Gasteiger partial charge >= 0.3 is 0 Å². The number of hydrogen-bond acceptors (Lipinski definition) is 5. The predicted molar refractivity (Wildman–Crippen MR) is 75.5 cm³/mol. The number of amides is 1. The second-order valence-electron chi connectivity index (χ2n) is 4.83. The summed E-state index contributed by atoms with van der Waals surface area (Å²) in [7, 11) is 0. The van der Waals surface area contributed by atoms with Gasteiger partial charge in [-0.1, -0.05) is 0 Å². The lowest BCUT2D eigenvalue weighted by molar-refractivity contribution is 0.0675. The number of aromatic nitrogens is 1. The number of ether oxygens (including phenoxy) is 1. The first-order chi connectivity index (χ1) is 9.25. The van der Waals surface area contributed by atoms with Crippen molar-refractivity contribution in [2.75, 3.05) is 32.8 Å². The fraction of sp³-hybridized carbons (Fsp3) is 0.692. The average Bonchev–Trinajstić information content (AvgIpc) is 2.85. The van der Waals surface area contributed by atoms with Crippen LogP contribution >= 0.6 is 11.5 Å². The largest absolute Gasteiger partial charge is 0.377 e. The summed E-state index contributed by atoms with van der Waals surface area (Å²) in [5.41, 5.74) is 0.516. The van der Waals surface area contributed by atoms with E-state index in [0.717, 1.165) is 39.1 Å². The van der Waals surface area contributed by atoms with Crippen LogP contribution in [0.15, 0.2) is 11.4 Å². The minimum atomic E-state index is -0.0752. The summed E-state index contributed by atoms with van der Waals surface area (Å²) in [6, 6.07) is 1.74. The molecule has 0 aromatic carbocycles. The quantitative estimate of drug-likeness (QED) is 0.829. The molecular weight excluding hydrogens is 262 g/mol. The molecule has 106 valence electrons. The van der Waals surface area contributed by atoms with E-state index >= 15 is 0 Å². The molecule has 1 amide bonds. The molecule has 0 saturated carbocycles. The van der Waals surface area contributed by atoms with Gasteiger partial charge in [-0.15, -0.1) is 0 Å². The fourth-order valence-electron chi connectivity index (χ4n) is 2.21. The SMILES string of the molecule is C[C@H]1CN(CCCNC(=O)c2ccsn2)CCCO1. The highest BCUT2D eigenvalue weighted by atomic mass is 32.1. The van der Waals surface area contributed by atoms with Crippen LogP contribution in [-0.2, 0) is 4.74 Å². The number of carbonyl (C=O) groups excluding carboxylic acids is 1. The van der Waals surface area contributed by atoms with Crippen molar-refractivity contribution in [3.05, 3.63) is 17.1 Å². The van der Waals surface area contributed by atoms with Crippen LogP contribution in [0.5, 0.6) is 0 Å². The number of nitrogens with one attached hydrogen (secondary N) is 1. The summed E-state index contributed by atoms with van der Waals surface area (Å²) in [6.45, 7) is 6.75. The van der Waals surface area contributed by atoms with Crippen molar-refractivity contribution in [3.63, 3.8) is 0 Å². The van der Waals surface area contributed by atoms with Crippen molar-refractivity contribution in [3.8, 4) is 0 Å². The minimum Gasteiger partial charge on any atom is -0.377 e. The van der Waals surface area contributed by atoms with Gasteiger partial charge in [0.25, 0.3) is 5.91 Å². The zero-order valence-electron chi connectivity index (χ0n) is 11.3. The summed E-state index contributed by atoms with van der Waals surface area (Å²) in [5, 5.41) is 4.71. The van der Waals surface area contributed by atoms with Gasteiger partial charge in [-0.25, -0.2) is 0 Å².